The van der Waals surface area contributed by atoms with Crippen LogP contribution in [0.2, 0.25) is 0 Å². The van der Waals surface area contributed by atoms with Crippen molar-refractivity contribution < 1.29 is 14.3 Å². The van der Waals surface area contributed by atoms with Crippen molar-refractivity contribution in [3.05, 3.63) is 119 Å². The van der Waals surface area contributed by atoms with Gasteiger partial charge in [0, 0.05) is 54.2 Å². The molecule has 0 atom stereocenters. The van der Waals surface area contributed by atoms with Gasteiger partial charge in [-0.2, -0.15) is 0 Å². The Balaban J connectivity index is 1.07. The largest absolute Gasteiger partial charge is 0.457 e. The molecule has 2 aliphatic heterocycles. The average molecular weight is 546 g/mol. The van der Waals surface area contributed by atoms with Gasteiger partial charge in [0.1, 0.15) is 11.5 Å². The van der Waals surface area contributed by atoms with Gasteiger partial charge in [-0.1, -0.05) is 61.9 Å². The molecule has 4 aromatic carbocycles. The average Bonchev–Trinajstić information content (AvgIpc) is 3.03. The number of ether oxygens (including phenoxy) is 1. The molecule has 0 unspecified atom stereocenters. The number of anilines is 2. The monoisotopic (exact) mass is 545 g/mol. The van der Waals surface area contributed by atoms with Gasteiger partial charge in [0.2, 0.25) is 5.91 Å². The molecule has 208 valence electrons. The lowest BCUT2D eigenvalue weighted by Crippen LogP contribution is -2.50. The van der Waals surface area contributed by atoms with E-state index in [0.29, 0.717) is 18.7 Å². The highest BCUT2D eigenvalue weighted by atomic mass is 16.5. The Kier molecular flexibility index (Phi) is 7.72. The van der Waals surface area contributed by atoms with Gasteiger partial charge in [-0.15, -0.1) is 0 Å². The summed E-state index contributed by atoms with van der Waals surface area (Å²) in [4.78, 5) is 30.9. The summed E-state index contributed by atoms with van der Waals surface area (Å²) in [5.74, 6) is 1.14. The molecular formula is C35H35N3O3. The molecule has 0 spiro atoms. The Hall–Kier alpha value is -4.58. The van der Waals surface area contributed by atoms with E-state index in [4.69, 9.17) is 4.74 Å². The Morgan fingerprint density at radius 2 is 1.39 bits per heavy atom. The number of nitrogens with zero attached hydrogens (tertiary/aromatic N) is 2. The predicted molar refractivity (Wildman–Crippen MR) is 163 cm³/mol. The van der Waals surface area contributed by atoms with Gasteiger partial charge in [0.05, 0.1) is 5.92 Å². The second-order valence-corrected chi connectivity index (χ2v) is 10.7. The number of nitrogens with one attached hydrogen (secondary N) is 1. The minimum Gasteiger partial charge on any atom is -0.457 e. The third-order valence-electron chi connectivity index (χ3n) is 8.04. The lowest BCUT2D eigenvalue weighted by Gasteiger charge is -2.38. The summed E-state index contributed by atoms with van der Waals surface area (Å²) in [5.41, 5.74) is 5.60. The fourth-order valence-corrected chi connectivity index (χ4v) is 5.71. The Labute approximate surface area is 241 Å². The van der Waals surface area contributed by atoms with Crippen LogP contribution in [-0.2, 0) is 11.2 Å². The zero-order valence-corrected chi connectivity index (χ0v) is 23.4. The number of para-hydroxylation sites is 2. The number of rotatable bonds is 7. The van der Waals surface area contributed by atoms with Crippen LogP contribution in [0.25, 0.3) is 0 Å². The molecule has 41 heavy (non-hydrogen) atoms. The van der Waals surface area contributed by atoms with Crippen LogP contribution in [0, 0.1) is 0 Å². The SMILES string of the molecule is CCCCc1ccc(C(=O)Nc2ccc(N3CCN(C(=O)C4c5ccccc5Oc5ccccc54)CC3)cc2)cc1. The number of piperazine rings is 1. The highest BCUT2D eigenvalue weighted by Crippen LogP contribution is 2.44. The summed E-state index contributed by atoms with van der Waals surface area (Å²) in [5, 5.41) is 3.01. The summed E-state index contributed by atoms with van der Waals surface area (Å²) >= 11 is 0. The van der Waals surface area contributed by atoms with Gasteiger partial charge in [0.25, 0.3) is 5.91 Å². The van der Waals surface area contributed by atoms with E-state index in [9.17, 15) is 9.59 Å². The zero-order valence-electron chi connectivity index (χ0n) is 23.4. The van der Waals surface area contributed by atoms with Crippen molar-refractivity contribution in [2.24, 2.45) is 0 Å². The summed E-state index contributed by atoms with van der Waals surface area (Å²) in [6.45, 7) is 4.96. The van der Waals surface area contributed by atoms with E-state index < -0.39 is 0 Å². The highest BCUT2D eigenvalue weighted by molar-refractivity contribution is 6.04. The molecule has 4 aromatic rings. The molecule has 0 radical (unpaired) electrons. The highest BCUT2D eigenvalue weighted by Gasteiger charge is 2.36. The normalized spacial score (nSPS) is 14.6. The van der Waals surface area contributed by atoms with Gasteiger partial charge in [-0.3, -0.25) is 9.59 Å². The minimum absolute atomic E-state index is 0.108. The molecule has 0 bridgehead atoms. The van der Waals surface area contributed by atoms with E-state index in [2.05, 4.69) is 17.1 Å². The van der Waals surface area contributed by atoms with Crippen molar-refractivity contribution in [3.63, 3.8) is 0 Å². The summed E-state index contributed by atoms with van der Waals surface area (Å²) in [6, 6.07) is 31.5. The molecular weight excluding hydrogens is 510 g/mol. The van der Waals surface area contributed by atoms with Crippen LogP contribution in [0.15, 0.2) is 97.1 Å². The van der Waals surface area contributed by atoms with Crippen molar-refractivity contribution >= 4 is 23.2 Å². The Morgan fingerprint density at radius 3 is 2.00 bits per heavy atom. The van der Waals surface area contributed by atoms with E-state index in [1.807, 2.05) is 102 Å². The molecule has 1 N–H and O–H groups in total. The molecule has 1 fully saturated rings. The van der Waals surface area contributed by atoms with E-state index in [-0.39, 0.29) is 17.7 Å². The van der Waals surface area contributed by atoms with Crippen LogP contribution in [0.4, 0.5) is 11.4 Å². The summed E-state index contributed by atoms with van der Waals surface area (Å²) < 4.78 is 6.09. The number of hydrogen-bond donors (Lipinski definition) is 1. The maximum atomic E-state index is 13.9. The second-order valence-electron chi connectivity index (χ2n) is 10.7. The van der Waals surface area contributed by atoms with Crippen LogP contribution in [-0.4, -0.2) is 42.9 Å². The quantitative estimate of drug-likeness (QED) is 0.275. The second kappa shape index (κ2) is 11.9. The standard InChI is InChI=1S/C35H35N3O3/c1-2-3-8-25-13-15-26(16-14-25)34(39)36-27-17-19-28(20-18-27)37-21-23-38(24-22-37)35(40)33-29-9-4-6-11-31(29)41-32-12-7-5-10-30(32)33/h4-7,9-20,33H,2-3,8,21-24H2,1H3,(H,36,39). The molecule has 6 nitrogen and oxygen atoms in total. The molecule has 0 aliphatic carbocycles. The number of benzene rings is 4. The fourth-order valence-electron chi connectivity index (χ4n) is 5.71. The van der Waals surface area contributed by atoms with E-state index in [1.54, 1.807) is 0 Å². The molecule has 6 heteroatoms. The predicted octanol–water partition coefficient (Wildman–Crippen LogP) is 6.87. The molecule has 2 amide bonds. The molecule has 6 rings (SSSR count). The number of carbonyl (C=O) groups is 2. The molecule has 2 aliphatic rings. The van der Waals surface area contributed by atoms with E-state index in [1.165, 1.54) is 5.56 Å². The van der Waals surface area contributed by atoms with Crippen LogP contribution >= 0.6 is 0 Å². The maximum Gasteiger partial charge on any atom is 0.255 e. The lowest BCUT2D eigenvalue weighted by atomic mass is 9.86. The number of aryl methyl sites for hydroxylation is 1. The van der Waals surface area contributed by atoms with Crippen molar-refractivity contribution in [3.8, 4) is 11.5 Å². The van der Waals surface area contributed by atoms with Crippen molar-refractivity contribution in [1.29, 1.82) is 0 Å². The number of carbonyl (C=O) groups excluding carboxylic acids is 2. The first-order chi connectivity index (χ1) is 20.1. The van der Waals surface area contributed by atoms with Crippen LogP contribution in [0.1, 0.15) is 52.7 Å². The van der Waals surface area contributed by atoms with Crippen molar-refractivity contribution in [2.75, 3.05) is 36.4 Å². The van der Waals surface area contributed by atoms with Gasteiger partial charge in [0.15, 0.2) is 0 Å². The van der Waals surface area contributed by atoms with Gasteiger partial charge < -0.3 is 19.9 Å². The van der Waals surface area contributed by atoms with Crippen molar-refractivity contribution in [2.45, 2.75) is 32.1 Å². The van der Waals surface area contributed by atoms with Crippen LogP contribution < -0.4 is 15.0 Å². The number of hydrogen-bond acceptors (Lipinski definition) is 4. The van der Waals surface area contributed by atoms with Crippen LogP contribution in [0.5, 0.6) is 11.5 Å². The molecule has 2 heterocycles. The maximum absolute atomic E-state index is 13.9. The first-order valence-corrected chi connectivity index (χ1v) is 14.5. The smallest absolute Gasteiger partial charge is 0.255 e. The van der Waals surface area contributed by atoms with Gasteiger partial charge >= 0.3 is 0 Å². The first kappa shape index (κ1) is 26.6. The van der Waals surface area contributed by atoms with Crippen molar-refractivity contribution in [1.82, 2.24) is 4.90 Å². The Bertz CT molecular complexity index is 1480. The molecule has 0 saturated carbocycles. The third kappa shape index (κ3) is 5.68. The lowest BCUT2D eigenvalue weighted by molar-refractivity contribution is -0.132. The third-order valence-corrected chi connectivity index (χ3v) is 8.04. The fraction of sp³-hybridized carbons (Fsp3) is 0.257. The number of fused-ring (bicyclic) bond motifs is 2. The number of unbranched alkanes of at least 4 members (excludes halogenated alkanes) is 1. The van der Waals surface area contributed by atoms with E-state index in [0.717, 1.165) is 66.4 Å². The topological polar surface area (TPSA) is 61.9 Å². The molecule has 0 aromatic heterocycles. The summed E-state index contributed by atoms with van der Waals surface area (Å²) in [7, 11) is 0. The summed E-state index contributed by atoms with van der Waals surface area (Å²) in [6.07, 6.45) is 3.36. The number of amides is 2. The Morgan fingerprint density at radius 1 is 0.780 bits per heavy atom. The minimum atomic E-state index is -0.363. The first-order valence-electron chi connectivity index (χ1n) is 14.5. The zero-order chi connectivity index (χ0) is 28.2. The van der Waals surface area contributed by atoms with Gasteiger partial charge in [-0.05, 0) is 66.9 Å². The van der Waals surface area contributed by atoms with Gasteiger partial charge in [-0.25, -0.2) is 0 Å². The molecule has 1 saturated heterocycles. The van der Waals surface area contributed by atoms with E-state index >= 15 is 0 Å². The van der Waals surface area contributed by atoms with Crippen LogP contribution in [0.3, 0.4) is 0 Å².